The topological polar surface area (TPSA) is 63.7 Å². The van der Waals surface area contributed by atoms with Crippen molar-refractivity contribution in [1.29, 1.82) is 0 Å². The number of allylic oxidation sites excluding steroid dienone is 2. The zero-order chi connectivity index (χ0) is 20.0. The van der Waals surface area contributed by atoms with Crippen LogP contribution >= 0.6 is 22.6 Å². The summed E-state index contributed by atoms with van der Waals surface area (Å²) in [5.41, 5.74) is -6.29. The summed E-state index contributed by atoms with van der Waals surface area (Å²) in [6, 6.07) is 6.53. The number of ketones is 1. The lowest BCUT2D eigenvalue weighted by molar-refractivity contribution is -0.110. The van der Waals surface area contributed by atoms with Crippen LogP contribution in [0.1, 0.15) is 5.56 Å². The van der Waals surface area contributed by atoms with Crippen LogP contribution in [0.5, 0.6) is 5.75 Å². The van der Waals surface area contributed by atoms with Crippen LogP contribution in [0.4, 0.5) is 13.2 Å². The lowest BCUT2D eigenvalue weighted by Gasteiger charge is -2.36. The summed E-state index contributed by atoms with van der Waals surface area (Å²) in [4.78, 5) is 11.6. The first-order chi connectivity index (χ1) is 12.5. The fourth-order valence-corrected chi connectivity index (χ4v) is 5.57. The first-order valence-electron chi connectivity index (χ1n) is 7.58. The van der Waals surface area contributed by atoms with Gasteiger partial charge in [0.05, 0.1) is 7.11 Å². The molecule has 1 heterocycles. The quantitative estimate of drug-likeness (QED) is 0.584. The maximum absolute atomic E-state index is 13.3. The molecule has 27 heavy (non-hydrogen) atoms. The van der Waals surface area contributed by atoms with E-state index in [4.69, 9.17) is 4.74 Å². The van der Waals surface area contributed by atoms with Gasteiger partial charge in [-0.1, -0.05) is 24.3 Å². The van der Waals surface area contributed by atoms with E-state index >= 15 is 0 Å². The molecule has 10 heteroatoms. The third kappa shape index (κ3) is 3.23. The highest BCUT2D eigenvalue weighted by Gasteiger charge is 2.59. The van der Waals surface area contributed by atoms with Gasteiger partial charge in [-0.2, -0.15) is 17.5 Å². The molecule has 1 aliphatic heterocycles. The highest BCUT2D eigenvalue weighted by molar-refractivity contribution is 14.1. The Morgan fingerprint density at radius 3 is 2.19 bits per heavy atom. The number of sulfonamides is 1. The number of carbonyl (C=O) groups excluding carboxylic acids is 1. The second-order valence-corrected chi connectivity index (χ2v) is 9.02. The molecule has 3 rings (SSSR count). The van der Waals surface area contributed by atoms with Gasteiger partial charge in [-0.3, -0.25) is 4.79 Å². The number of benzene rings is 1. The molecule has 1 aliphatic carbocycles. The van der Waals surface area contributed by atoms with Crippen molar-refractivity contribution in [3.63, 3.8) is 0 Å². The van der Waals surface area contributed by atoms with Crippen molar-refractivity contribution in [2.75, 3.05) is 13.7 Å². The Morgan fingerprint density at radius 1 is 1.15 bits per heavy atom. The van der Waals surface area contributed by atoms with Crippen LogP contribution in [0.2, 0.25) is 0 Å². The van der Waals surface area contributed by atoms with Gasteiger partial charge in [0.1, 0.15) is 11.3 Å². The Morgan fingerprint density at radius 2 is 1.70 bits per heavy atom. The van der Waals surface area contributed by atoms with Gasteiger partial charge >= 0.3 is 15.5 Å². The number of hydrogen-bond acceptors (Lipinski definition) is 4. The number of halogens is 4. The zero-order valence-electron chi connectivity index (χ0n) is 13.8. The predicted molar refractivity (Wildman–Crippen MR) is 102 cm³/mol. The number of hydrogen-bond donors (Lipinski definition) is 0. The number of ether oxygens (including phenoxy) is 1. The lowest BCUT2D eigenvalue weighted by Crippen LogP contribution is -2.51. The molecule has 1 spiro atoms. The van der Waals surface area contributed by atoms with Gasteiger partial charge in [-0.15, -0.1) is 0 Å². The van der Waals surface area contributed by atoms with Crippen LogP contribution in [0, 0.1) is 0 Å². The summed E-state index contributed by atoms with van der Waals surface area (Å²) < 4.78 is 70.2. The van der Waals surface area contributed by atoms with Crippen molar-refractivity contribution >= 4 is 44.0 Å². The first kappa shape index (κ1) is 20.1. The molecule has 0 radical (unpaired) electrons. The molecule has 0 bridgehead atoms. The van der Waals surface area contributed by atoms with Crippen LogP contribution in [-0.2, 0) is 14.8 Å². The Hall–Kier alpha value is -1.66. The van der Waals surface area contributed by atoms with E-state index in [2.05, 4.69) is 0 Å². The van der Waals surface area contributed by atoms with Crippen molar-refractivity contribution in [3.8, 4) is 5.75 Å². The molecule has 0 fully saturated rings. The van der Waals surface area contributed by atoms with Gasteiger partial charge in [0.15, 0.2) is 5.78 Å². The Balaban J connectivity index is 2.21. The average Bonchev–Trinajstić information content (AvgIpc) is 2.89. The number of alkyl halides is 3. The van der Waals surface area contributed by atoms with Gasteiger partial charge in [0, 0.05) is 10.1 Å². The zero-order valence-corrected chi connectivity index (χ0v) is 16.8. The fourth-order valence-electron chi connectivity index (χ4n) is 3.09. The van der Waals surface area contributed by atoms with Crippen LogP contribution in [0.15, 0.2) is 52.1 Å². The maximum atomic E-state index is 13.3. The summed E-state index contributed by atoms with van der Waals surface area (Å²) in [5, 5.41) is 0. The third-order valence-corrected chi connectivity index (χ3v) is 6.81. The largest absolute Gasteiger partial charge is 0.511 e. The van der Waals surface area contributed by atoms with Crippen molar-refractivity contribution in [1.82, 2.24) is 4.31 Å². The number of nitrogens with zero attached hydrogens (tertiary/aromatic N) is 1. The number of rotatable bonds is 3. The fraction of sp³-hybridized carbons (Fsp3) is 0.235. The molecule has 2 aliphatic rings. The number of methoxy groups -OCH3 is 1. The van der Waals surface area contributed by atoms with Gasteiger partial charge in [-0.05, 0) is 58.0 Å². The third-order valence-electron chi connectivity index (χ3n) is 4.33. The van der Waals surface area contributed by atoms with Gasteiger partial charge in [-0.25, -0.2) is 8.42 Å². The van der Waals surface area contributed by atoms with Crippen molar-refractivity contribution in [2.45, 2.75) is 11.0 Å². The Bertz CT molecular complexity index is 962. The second kappa shape index (κ2) is 6.74. The van der Waals surface area contributed by atoms with Gasteiger partial charge in [0.25, 0.3) is 0 Å². The molecule has 1 aromatic carbocycles. The van der Waals surface area contributed by atoms with Crippen LogP contribution < -0.4 is 4.74 Å². The monoisotopic (exact) mass is 511 g/mol. The normalized spacial score (nSPS) is 20.0. The van der Waals surface area contributed by atoms with Crippen LogP contribution in [0.3, 0.4) is 0 Å². The summed E-state index contributed by atoms with van der Waals surface area (Å²) >= 11 is 1.84. The van der Waals surface area contributed by atoms with E-state index in [1.807, 2.05) is 22.6 Å². The molecule has 0 amide bonds. The van der Waals surface area contributed by atoms with Crippen molar-refractivity contribution < 1.29 is 31.1 Å². The van der Waals surface area contributed by atoms with Gasteiger partial charge < -0.3 is 4.74 Å². The molecule has 5 nitrogen and oxygen atoms in total. The van der Waals surface area contributed by atoms with E-state index in [-0.39, 0.29) is 0 Å². The predicted octanol–water partition coefficient (Wildman–Crippen LogP) is 3.44. The summed E-state index contributed by atoms with van der Waals surface area (Å²) in [6.07, 6.45) is 4.56. The van der Waals surface area contributed by atoms with E-state index < -0.39 is 33.4 Å². The van der Waals surface area contributed by atoms with E-state index in [9.17, 15) is 26.4 Å². The summed E-state index contributed by atoms with van der Waals surface area (Å²) in [6.45, 7) is -0.452. The maximum Gasteiger partial charge on any atom is 0.511 e. The van der Waals surface area contributed by atoms with E-state index in [1.54, 1.807) is 24.3 Å². The molecule has 1 aromatic rings. The highest BCUT2D eigenvalue weighted by Crippen LogP contribution is 2.50. The molecule has 0 N–H and O–H groups in total. The molecule has 0 atom stereocenters. The lowest BCUT2D eigenvalue weighted by atomic mass is 9.83. The molecule has 144 valence electrons. The molecular formula is C17H13F3INO4S. The molecule has 0 saturated carbocycles. The Kier molecular flexibility index (Phi) is 5.02. The molecular weight excluding hydrogens is 498 g/mol. The molecule has 0 saturated heterocycles. The first-order valence-corrected chi connectivity index (χ1v) is 10.1. The molecule has 0 aromatic heterocycles. The SMILES string of the molecule is COc1ccc(C2=C(I)CN(S(=O)(=O)C(F)(F)F)C23C=CC(=O)C=C3)cc1. The minimum atomic E-state index is -5.64. The van der Waals surface area contributed by atoms with E-state index in [1.165, 1.54) is 19.3 Å². The van der Waals surface area contributed by atoms with Gasteiger partial charge in [0.2, 0.25) is 0 Å². The average molecular weight is 511 g/mol. The standard InChI is InChI=1S/C17H13F3INO4S/c1-26-13-4-2-11(3-5-13)15-14(21)10-22(27(24,25)17(18,19)20)16(15)8-6-12(23)7-9-16/h2-9H,10H2,1H3. The van der Waals surface area contributed by atoms with Crippen molar-refractivity contribution in [2.24, 2.45) is 0 Å². The smallest absolute Gasteiger partial charge is 0.497 e. The van der Waals surface area contributed by atoms with Crippen molar-refractivity contribution in [3.05, 3.63) is 57.7 Å². The summed E-state index contributed by atoms with van der Waals surface area (Å²) in [7, 11) is -4.16. The van der Waals surface area contributed by atoms with Crippen LogP contribution in [-0.4, -0.2) is 43.2 Å². The van der Waals surface area contributed by atoms with Crippen LogP contribution in [0.25, 0.3) is 5.57 Å². The van der Waals surface area contributed by atoms with E-state index in [0.717, 1.165) is 12.2 Å². The highest BCUT2D eigenvalue weighted by atomic mass is 127. The minimum absolute atomic E-state index is 0.374. The second-order valence-electron chi connectivity index (χ2n) is 5.86. The summed E-state index contributed by atoms with van der Waals surface area (Å²) in [5.74, 6) is 0.118. The minimum Gasteiger partial charge on any atom is -0.497 e. The van der Waals surface area contributed by atoms with E-state index in [0.29, 0.717) is 24.8 Å². The molecule has 0 unspecified atom stereocenters. The Labute approximate surface area is 167 Å². The number of carbonyl (C=O) groups is 1.